The van der Waals surface area contributed by atoms with E-state index in [-0.39, 0.29) is 10.8 Å². The molecule has 2 heterocycles. The molecule has 33 heavy (non-hydrogen) atoms. The monoisotopic (exact) mass is 455 g/mol. The number of rotatable bonds is 2. The van der Waals surface area contributed by atoms with Gasteiger partial charge in [0.15, 0.2) is 0 Å². The molecule has 2 aromatic heterocycles. The Bertz CT molecular complexity index is 1510. The number of hydrogen-bond donors (Lipinski definition) is 0. The molecule has 0 unspecified atom stereocenters. The number of halogens is 1. The van der Waals surface area contributed by atoms with Gasteiger partial charge in [0.2, 0.25) is 5.95 Å². The highest BCUT2D eigenvalue weighted by Gasteiger charge is 2.21. The van der Waals surface area contributed by atoms with Crippen LogP contribution in [-0.4, -0.2) is 4.98 Å². The number of pyridine rings is 1. The van der Waals surface area contributed by atoms with Crippen LogP contribution in [0.1, 0.15) is 52.7 Å². The van der Waals surface area contributed by atoms with Crippen LogP contribution in [0.15, 0.2) is 60.7 Å². The molecule has 0 spiro atoms. The van der Waals surface area contributed by atoms with E-state index in [0.29, 0.717) is 0 Å². The molecule has 0 amide bonds. The SMILES string of the molecule is CC(C)(C)Cc1ccc2c(c1)sc1c(-c3cc(C(C)(C)C)c4ccccc4c3)nc(F)cc12. The first-order valence-corrected chi connectivity index (χ1v) is 12.4. The van der Waals surface area contributed by atoms with Crippen molar-refractivity contribution in [2.75, 3.05) is 0 Å². The Morgan fingerprint density at radius 3 is 2.30 bits per heavy atom. The van der Waals surface area contributed by atoms with Crippen molar-refractivity contribution in [3.05, 3.63) is 77.7 Å². The molecule has 3 heteroatoms. The number of hydrogen-bond acceptors (Lipinski definition) is 2. The zero-order chi connectivity index (χ0) is 23.5. The summed E-state index contributed by atoms with van der Waals surface area (Å²) in [5, 5.41) is 4.45. The second-order valence-corrected chi connectivity index (χ2v) is 12.4. The van der Waals surface area contributed by atoms with Gasteiger partial charge in [-0.3, -0.25) is 0 Å². The predicted octanol–water partition coefficient (Wildman–Crippen LogP) is 9.29. The van der Waals surface area contributed by atoms with Gasteiger partial charge in [-0.1, -0.05) is 77.9 Å². The molecular formula is C30H30FNS. The molecule has 0 aliphatic heterocycles. The van der Waals surface area contributed by atoms with Crippen LogP contribution in [0.2, 0.25) is 0 Å². The molecule has 0 fully saturated rings. The molecule has 0 atom stereocenters. The standard InChI is InChI=1S/C30H30FNS/c1-29(2,3)17-18-11-12-22-23-16-26(31)32-27(28(23)33-25(22)13-18)20-14-19-9-7-8-10-21(19)24(15-20)30(4,5)6/h7-16H,17H2,1-6H3. The highest BCUT2D eigenvalue weighted by molar-refractivity contribution is 7.26. The van der Waals surface area contributed by atoms with Crippen LogP contribution in [0.5, 0.6) is 0 Å². The summed E-state index contributed by atoms with van der Waals surface area (Å²) in [6.45, 7) is 13.4. The maximum Gasteiger partial charge on any atom is 0.214 e. The molecule has 0 radical (unpaired) electrons. The number of benzene rings is 3. The molecule has 0 bridgehead atoms. The van der Waals surface area contributed by atoms with Crippen LogP contribution in [0.4, 0.5) is 4.39 Å². The summed E-state index contributed by atoms with van der Waals surface area (Å²) in [5.41, 5.74) is 4.46. The fraction of sp³-hybridized carbons (Fsp3) is 0.300. The number of aromatic nitrogens is 1. The second kappa shape index (κ2) is 7.63. The van der Waals surface area contributed by atoms with E-state index in [1.54, 1.807) is 17.4 Å². The Kier molecular flexibility index (Phi) is 5.10. The average Bonchev–Trinajstić information content (AvgIpc) is 3.08. The first kappa shape index (κ1) is 22.0. The molecule has 1 nitrogen and oxygen atoms in total. The largest absolute Gasteiger partial charge is 0.218 e. The van der Waals surface area contributed by atoms with Gasteiger partial charge >= 0.3 is 0 Å². The minimum absolute atomic E-state index is 0.0376. The van der Waals surface area contributed by atoms with Gasteiger partial charge in [0, 0.05) is 27.1 Å². The van der Waals surface area contributed by atoms with E-state index in [1.807, 2.05) is 0 Å². The highest BCUT2D eigenvalue weighted by Crippen LogP contribution is 2.42. The highest BCUT2D eigenvalue weighted by atomic mass is 32.1. The lowest BCUT2D eigenvalue weighted by molar-refractivity contribution is 0.411. The maximum atomic E-state index is 14.8. The molecule has 168 valence electrons. The summed E-state index contributed by atoms with van der Waals surface area (Å²) in [5.74, 6) is -0.429. The van der Waals surface area contributed by atoms with Crippen LogP contribution in [0.3, 0.4) is 0 Å². The van der Waals surface area contributed by atoms with Gasteiger partial charge < -0.3 is 0 Å². The van der Waals surface area contributed by atoms with Crippen molar-refractivity contribution in [2.45, 2.75) is 53.4 Å². The first-order valence-electron chi connectivity index (χ1n) is 11.5. The lowest BCUT2D eigenvalue weighted by Crippen LogP contribution is -2.12. The Labute approximate surface area is 199 Å². The van der Waals surface area contributed by atoms with Crippen molar-refractivity contribution in [3.63, 3.8) is 0 Å². The van der Waals surface area contributed by atoms with Crippen LogP contribution in [0.25, 0.3) is 42.2 Å². The normalized spacial score (nSPS) is 12.8. The molecule has 5 rings (SSSR count). The quantitative estimate of drug-likeness (QED) is 0.242. The third-order valence-corrected chi connectivity index (χ3v) is 7.34. The van der Waals surface area contributed by atoms with Gasteiger partial charge in [-0.25, -0.2) is 4.98 Å². The molecule has 0 aliphatic rings. The van der Waals surface area contributed by atoms with Crippen molar-refractivity contribution < 1.29 is 4.39 Å². The Morgan fingerprint density at radius 2 is 1.58 bits per heavy atom. The van der Waals surface area contributed by atoms with Crippen molar-refractivity contribution in [1.82, 2.24) is 4.98 Å². The zero-order valence-electron chi connectivity index (χ0n) is 20.2. The van der Waals surface area contributed by atoms with Gasteiger partial charge in [-0.05, 0) is 57.3 Å². The van der Waals surface area contributed by atoms with E-state index in [1.165, 1.54) is 21.2 Å². The Balaban J connectivity index is 1.78. The zero-order valence-corrected chi connectivity index (χ0v) is 21.0. The van der Waals surface area contributed by atoms with Gasteiger partial charge in [0.05, 0.1) is 10.4 Å². The van der Waals surface area contributed by atoms with E-state index in [0.717, 1.165) is 38.5 Å². The summed E-state index contributed by atoms with van der Waals surface area (Å²) >= 11 is 1.72. The summed E-state index contributed by atoms with van der Waals surface area (Å²) in [6.07, 6.45) is 1.01. The van der Waals surface area contributed by atoms with Crippen molar-refractivity contribution in [1.29, 1.82) is 0 Å². The van der Waals surface area contributed by atoms with Gasteiger partial charge in [-0.15, -0.1) is 11.3 Å². The molecular weight excluding hydrogens is 425 g/mol. The van der Waals surface area contributed by atoms with Crippen LogP contribution < -0.4 is 0 Å². The van der Waals surface area contributed by atoms with Gasteiger partial charge in [0.25, 0.3) is 0 Å². The molecule has 0 saturated heterocycles. The Hall–Kier alpha value is -2.78. The second-order valence-electron chi connectivity index (χ2n) is 11.3. The van der Waals surface area contributed by atoms with E-state index in [9.17, 15) is 4.39 Å². The van der Waals surface area contributed by atoms with Crippen LogP contribution in [-0.2, 0) is 11.8 Å². The fourth-order valence-electron chi connectivity index (χ4n) is 4.77. The topological polar surface area (TPSA) is 12.9 Å². The molecule has 3 aromatic carbocycles. The number of nitrogens with zero attached hydrogens (tertiary/aromatic N) is 1. The lowest BCUT2D eigenvalue weighted by Gasteiger charge is -2.22. The summed E-state index contributed by atoms with van der Waals surface area (Å²) in [6, 6.07) is 21.0. The number of fused-ring (bicyclic) bond motifs is 4. The summed E-state index contributed by atoms with van der Waals surface area (Å²) in [4.78, 5) is 4.42. The van der Waals surface area contributed by atoms with Gasteiger partial charge in [-0.2, -0.15) is 4.39 Å². The average molecular weight is 456 g/mol. The van der Waals surface area contributed by atoms with E-state index >= 15 is 0 Å². The van der Waals surface area contributed by atoms with E-state index < -0.39 is 5.95 Å². The minimum Gasteiger partial charge on any atom is -0.218 e. The van der Waals surface area contributed by atoms with Gasteiger partial charge in [0.1, 0.15) is 0 Å². The van der Waals surface area contributed by atoms with Crippen molar-refractivity contribution in [3.8, 4) is 11.3 Å². The van der Waals surface area contributed by atoms with Crippen LogP contribution >= 0.6 is 11.3 Å². The smallest absolute Gasteiger partial charge is 0.214 e. The third kappa shape index (κ3) is 4.15. The predicted molar refractivity (Wildman–Crippen MR) is 142 cm³/mol. The van der Waals surface area contributed by atoms with Crippen molar-refractivity contribution in [2.24, 2.45) is 5.41 Å². The minimum atomic E-state index is -0.429. The number of thiophene rings is 1. The van der Waals surface area contributed by atoms with E-state index in [4.69, 9.17) is 0 Å². The molecule has 5 aromatic rings. The fourth-order valence-corrected chi connectivity index (χ4v) is 6.03. The van der Waals surface area contributed by atoms with E-state index in [2.05, 4.69) is 101 Å². The molecule has 0 saturated carbocycles. The Morgan fingerprint density at radius 1 is 0.818 bits per heavy atom. The molecule has 0 N–H and O–H groups in total. The molecule has 0 aliphatic carbocycles. The maximum absolute atomic E-state index is 14.8. The van der Waals surface area contributed by atoms with Crippen molar-refractivity contribution >= 4 is 42.3 Å². The summed E-state index contributed by atoms with van der Waals surface area (Å²) in [7, 11) is 0. The summed E-state index contributed by atoms with van der Waals surface area (Å²) < 4.78 is 17.1. The first-order chi connectivity index (χ1) is 15.5. The lowest BCUT2D eigenvalue weighted by atomic mass is 9.82. The van der Waals surface area contributed by atoms with Crippen LogP contribution in [0, 0.1) is 11.4 Å². The third-order valence-electron chi connectivity index (χ3n) is 6.17.